The Hall–Kier alpha value is -1.85. The lowest BCUT2D eigenvalue weighted by molar-refractivity contribution is -0.138. The zero-order chi connectivity index (χ0) is 9.84. The smallest absolute Gasteiger partial charge is 0.325 e. The van der Waals surface area contributed by atoms with Gasteiger partial charge in [-0.1, -0.05) is 5.16 Å². The first-order valence-electron chi connectivity index (χ1n) is 3.55. The molecular weight excluding hydrogens is 176 g/mol. The van der Waals surface area contributed by atoms with E-state index >= 15 is 0 Å². The zero-order valence-corrected chi connectivity index (χ0v) is 6.85. The van der Waals surface area contributed by atoms with Crippen molar-refractivity contribution < 1.29 is 19.2 Å². The highest BCUT2D eigenvalue weighted by Crippen LogP contribution is 1.96. The number of nitrogens with zero attached hydrogens (tertiary/aromatic N) is 1. The fraction of sp³-hybridized carbons (Fsp3) is 0.286. The second-order valence-electron chi connectivity index (χ2n) is 2.41. The number of rotatable bonds is 3. The molecule has 1 atom stereocenters. The Labute approximate surface area is 73.5 Å². The van der Waals surface area contributed by atoms with Gasteiger partial charge in [-0.2, -0.15) is 0 Å². The summed E-state index contributed by atoms with van der Waals surface area (Å²) in [5.41, 5.74) is 0. The van der Waals surface area contributed by atoms with Gasteiger partial charge in [-0.05, 0) is 6.92 Å². The third-order valence-electron chi connectivity index (χ3n) is 1.38. The number of aliphatic carboxylic acids is 1. The molecule has 6 heteroatoms. The molecule has 0 saturated heterocycles. The fourth-order valence-electron chi connectivity index (χ4n) is 0.662. The van der Waals surface area contributed by atoms with Crippen LogP contribution in [0.1, 0.15) is 17.5 Å². The third-order valence-corrected chi connectivity index (χ3v) is 1.38. The van der Waals surface area contributed by atoms with E-state index in [0.29, 0.717) is 0 Å². The number of carbonyl (C=O) groups is 2. The number of nitrogens with one attached hydrogen (secondary N) is 1. The second kappa shape index (κ2) is 3.70. The summed E-state index contributed by atoms with van der Waals surface area (Å²) >= 11 is 0. The molecule has 2 N–H and O–H groups in total. The Morgan fingerprint density at radius 2 is 2.38 bits per heavy atom. The monoisotopic (exact) mass is 184 g/mol. The van der Waals surface area contributed by atoms with Crippen molar-refractivity contribution in [2.24, 2.45) is 0 Å². The van der Waals surface area contributed by atoms with Crippen LogP contribution < -0.4 is 5.32 Å². The van der Waals surface area contributed by atoms with Crippen LogP contribution in [-0.4, -0.2) is 28.2 Å². The minimum absolute atomic E-state index is 0.00639. The topological polar surface area (TPSA) is 92.4 Å². The summed E-state index contributed by atoms with van der Waals surface area (Å²) in [6.07, 6.45) is 1.31. The first-order chi connectivity index (χ1) is 6.11. The number of aromatic nitrogens is 1. The van der Waals surface area contributed by atoms with Crippen molar-refractivity contribution in [3.63, 3.8) is 0 Å². The Morgan fingerprint density at radius 3 is 2.85 bits per heavy atom. The summed E-state index contributed by atoms with van der Waals surface area (Å²) in [6.45, 7) is 1.36. The first kappa shape index (κ1) is 9.24. The molecule has 0 aromatic carbocycles. The number of hydrogen-bond donors (Lipinski definition) is 2. The molecule has 1 amide bonds. The normalized spacial score (nSPS) is 12.1. The van der Waals surface area contributed by atoms with Crippen LogP contribution in [0.25, 0.3) is 0 Å². The summed E-state index contributed by atoms with van der Waals surface area (Å²) < 4.78 is 4.52. The van der Waals surface area contributed by atoms with Gasteiger partial charge in [-0.3, -0.25) is 9.59 Å². The molecule has 0 bridgehead atoms. The Kier molecular flexibility index (Phi) is 2.63. The molecule has 0 aliphatic carbocycles. The van der Waals surface area contributed by atoms with Crippen LogP contribution in [0.15, 0.2) is 16.8 Å². The van der Waals surface area contributed by atoms with Crippen molar-refractivity contribution in [3.8, 4) is 0 Å². The van der Waals surface area contributed by atoms with Crippen LogP contribution in [0.4, 0.5) is 0 Å². The molecule has 1 heterocycles. The van der Waals surface area contributed by atoms with E-state index in [4.69, 9.17) is 5.11 Å². The van der Waals surface area contributed by atoms with Crippen molar-refractivity contribution in [1.29, 1.82) is 0 Å². The number of amides is 1. The molecule has 0 saturated carbocycles. The van der Waals surface area contributed by atoms with E-state index in [1.807, 2.05) is 0 Å². The number of hydrogen-bond acceptors (Lipinski definition) is 4. The Bertz CT molecular complexity index is 306. The number of carboxylic acid groups (broad SMARTS) is 1. The van der Waals surface area contributed by atoms with Crippen LogP contribution in [-0.2, 0) is 4.79 Å². The van der Waals surface area contributed by atoms with Gasteiger partial charge in [0.15, 0.2) is 0 Å². The SMILES string of the molecule is C[C@H](NC(=O)c1ccno1)C(=O)O. The van der Waals surface area contributed by atoms with E-state index in [9.17, 15) is 9.59 Å². The van der Waals surface area contributed by atoms with Crippen molar-refractivity contribution in [1.82, 2.24) is 10.5 Å². The molecule has 1 aromatic rings. The number of carboxylic acids is 1. The lowest BCUT2D eigenvalue weighted by Crippen LogP contribution is -2.38. The fourth-order valence-corrected chi connectivity index (χ4v) is 0.662. The molecule has 6 nitrogen and oxygen atoms in total. The molecule has 0 fully saturated rings. The van der Waals surface area contributed by atoms with Crippen LogP contribution in [0.2, 0.25) is 0 Å². The lowest BCUT2D eigenvalue weighted by Gasteiger charge is -2.05. The summed E-state index contributed by atoms with van der Waals surface area (Å²) in [5.74, 6) is -1.70. The Morgan fingerprint density at radius 1 is 1.69 bits per heavy atom. The second-order valence-corrected chi connectivity index (χ2v) is 2.41. The van der Waals surface area contributed by atoms with E-state index in [2.05, 4.69) is 15.0 Å². The molecule has 70 valence electrons. The zero-order valence-electron chi connectivity index (χ0n) is 6.85. The maximum atomic E-state index is 11.1. The lowest BCUT2D eigenvalue weighted by atomic mass is 10.3. The highest BCUT2D eigenvalue weighted by Gasteiger charge is 2.17. The summed E-state index contributed by atoms with van der Waals surface area (Å²) in [4.78, 5) is 21.5. The average molecular weight is 184 g/mol. The van der Waals surface area contributed by atoms with E-state index in [1.165, 1.54) is 19.2 Å². The standard InChI is InChI=1S/C7H8N2O4/c1-4(7(11)12)9-6(10)5-2-3-8-13-5/h2-4H,1H3,(H,9,10)(H,11,12)/t4-/m0/s1. The van der Waals surface area contributed by atoms with Crippen LogP contribution in [0.3, 0.4) is 0 Å². The van der Waals surface area contributed by atoms with Crippen molar-refractivity contribution in [3.05, 3.63) is 18.0 Å². The van der Waals surface area contributed by atoms with Gasteiger partial charge in [0.2, 0.25) is 5.76 Å². The van der Waals surface area contributed by atoms with E-state index in [0.717, 1.165) is 0 Å². The summed E-state index contributed by atoms with van der Waals surface area (Å²) in [6, 6.07) is 0.404. The Balaban J connectivity index is 2.56. The molecule has 13 heavy (non-hydrogen) atoms. The maximum absolute atomic E-state index is 11.1. The molecule has 0 aliphatic heterocycles. The molecular formula is C7H8N2O4. The van der Waals surface area contributed by atoms with Gasteiger partial charge < -0.3 is 14.9 Å². The molecule has 0 radical (unpaired) electrons. The van der Waals surface area contributed by atoms with Gasteiger partial charge in [-0.15, -0.1) is 0 Å². The van der Waals surface area contributed by atoms with E-state index < -0.39 is 17.9 Å². The van der Waals surface area contributed by atoms with Crippen LogP contribution in [0, 0.1) is 0 Å². The first-order valence-corrected chi connectivity index (χ1v) is 3.55. The summed E-state index contributed by atoms with van der Waals surface area (Å²) in [7, 11) is 0. The largest absolute Gasteiger partial charge is 0.480 e. The van der Waals surface area contributed by atoms with Gasteiger partial charge in [0.1, 0.15) is 6.04 Å². The van der Waals surface area contributed by atoms with Crippen molar-refractivity contribution >= 4 is 11.9 Å². The predicted octanol–water partition coefficient (Wildman–Crippen LogP) is -0.123. The maximum Gasteiger partial charge on any atom is 0.325 e. The molecule has 0 spiro atoms. The van der Waals surface area contributed by atoms with E-state index in [1.54, 1.807) is 0 Å². The van der Waals surface area contributed by atoms with Gasteiger partial charge in [0, 0.05) is 6.07 Å². The highest BCUT2D eigenvalue weighted by molar-refractivity contribution is 5.93. The molecule has 0 aliphatic rings. The van der Waals surface area contributed by atoms with Gasteiger partial charge in [-0.25, -0.2) is 0 Å². The molecule has 0 unspecified atom stereocenters. The third kappa shape index (κ3) is 2.29. The van der Waals surface area contributed by atoms with Crippen LogP contribution >= 0.6 is 0 Å². The average Bonchev–Trinajstić information content (AvgIpc) is 2.55. The predicted molar refractivity (Wildman–Crippen MR) is 41.1 cm³/mol. The molecule has 1 rings (SSSR count). The quantitative estimate of drug-likeness (QED) is 0.683. The minimum Gasteiger partial charge on any atom is -0.480 e. The number of carbonyl (C=O) groups excluding carboxylic acids is 1. The minimum atomic E-state index is -1.10. The molecule has 1 aromatic heterocycles. The van der Waals surface area contributed by atoms with Crippen LogP contribution in [0.5, 0.6) is 0 Å². The summed E-state index contributed by atoms with van der Waals surface area (Å²) in [5, 5.41) is 14.0. The van der Waals surface area contributed by atoms with Crippen molar-refractivity contribution in [2.75, 3.05) is 0 Å². The van der Waals surface area contributed by atoms with E-state index in [-0.39, 0.29) is 5.76 Å². The highest BCUT2D eigenvalue weighted by atomic mass is 16.5. The van der Waals surface area contributed by atoms with Gasteiger partial charge in [0.05, 0.1) is 6.20 Å². The van der Waals surface area contributed by atoms with Gasteiger partial charge in [0.25, 0.3) is 5.91 Å². The van der Waals surface area contributed by atoms with Crippen molar-refractivity contribution in [2.45, 2.75) is 13.0 Å². The van der Waals surface area contributed by atoms with Gasteiger partial charge >= 0.3 is 5.97 Å².